The first-order valence-corrected chi connectivity index (χ1v) is 10.1. The Morgan fingerprint density at radius 3 is 2.58 bits per heavy atom. The Morgan fingerprint density at radius 1 is 1.13 bits per heavy atom. The Morgan fingerprint density at radius 2 is 1.87 bits per heavy atom. The molecule has 3 rings (SSSR count). The molecule has 0 saturated heterocycles. The highest BCUT2D eigenvalue weighted by Gasteiger charge is 2.34. The summed E-state index contributed by atoms with van der Waals surface area (Å²) >= 11 is 0. The summed E-state index contributed by atoms with van der Waals surface area (Å²) in [4.78, 5) is 43.9. The third-order valence-electron chi connectivity index (χ3n) is 4.86. The molecule has 162 valence electrons. The second kappa shape index (κ2) is 9.42. The van der Waals surface area contributed by atoms with Gasteiger partial charge in [0.05, 0.1) is 12.3 Å². The van der Waals surface area contributed by atoms with Crippen LogP contribution in [0, 0.1) is 13.8 Å². The molecule has 2 aromatic rings. The molecule has 1 atom stereocenters. The molecule has 0 fully saturated rings. The lowest BCUT2D eigenvalue weighted by atomic mass is 10.0. The number of hydrogen-bond donors (Lipinski definition) is 2. The van der Waals surface area contributed by atoms with Crippen LogP contribution in [0.25, 0.3) is 0 Å². The largest absolute Gasteiger partial charge is 0.465 e. The maximum atomic E-state index is 13.4. The number of amides is 3. The number of benzodiazepines with no additional fused rings is 1. The van der Waals surface area contributed by atoms with E-state index in [0.29, 0.717) is 17.1 Å². The number of carbonyl (C=O) groups excluding carboxylic acids is 3. The summed E-state index contributed by atoms with van der Waals surface area (Å²) in [7, 11) is 0. The van der Waals surface area contributed by atoms with Gasteiger partial charge >= 0.3 is 12.0 Å². The van der Waals surface area contributed by atoms with Crippen LogP contribution in [0.2, 0.25) is 0 Å². The minimum atomic E-state index is -1.19. The zero-order valence-electron chi connectivity index (χ0n) is 18.1. The standard InChI is InChI=1S/C23H26N4O4/c1-5-31-19(28)13-27-20-15(3)9-7-11-18(20)16(4)24-21(22(27)29)26-23(30)25-17-10-6-8-14(2)12-17/h6-12,21H,5,13H2,1-4H3,(H2,25,26,30)/t21-/m0/s1. The number of para-hydroxylation sites is 1. The van der Waals surface area contributed by atoms with Crippen LogP contribution in [0.1, 0.15) is 30.5 Å². The van der Waals surface area contributed by atoms with E-state index in [-0.39, 0.29) is 13.2 Å². The van der Waals surface area contributed by atoms with E-state index >= 15 is 0 Å². The molecule has 1 aliphatic rings. The minimum absolute atomic E-state index is 0.206. The number of fused-ring (bicyclic) bond motifs is 1. The van der Waals surface area contributed by atoms with Crippen molar-refractivity contribution >= 4 is 35.0 Å². The minimum Gasteiger partial charge on any atom is -0.465 e. The predicted molar refractivity (Wildman–Crippen MR) is 119 cm³/mol. The lowest BCUT2D eigenvalue weighted by Crippen LogP contribution is -2.50. The number of esters is 1. The molecule has 0 bridgehead atoms. The topological polar surface area (TPSA) is 100 Å². The second-order valence-corrected chi connectivity index (χ2v) is 7.29. The van der Waals surface area contributed by atoms with Crippen molar-refractivity contribution in [3.8, 4) is 0 Å². The number of aryl methyl sites for hydroxylation is 2. The normalized spacial score (nSPS) is 15.5. The van der Waals surface area contributed by atoms with Gasteiger partial charge in [0.15, 0.2) is 0 Å². The number of aliphatic imine (C=N–C) groups is 1. The Labute approximate surface area is 181 Å². The molecular formula is C23H26N4O4. The molecule has 0 aliphatic carbocycles. The number of ether oxygens (including phenoxy) is 1. The van der Waals surface area contributed by atoms with E-state index in [0.717, 1.165) is 16.7 Å². The van der Waals surface area contributed by atoms with Crippen LogP contribution in [0.3, 0.4) is 0 Å². The molecule has 0 spiro atoms. The van der Waals surface area contributed by atoms with Gasteiger partial charge in [0.2, 0.25) is 6.17 Å². The lowest BCUT2D eigenvalue weighted by Gasteiger charge is -2.26. The number of benzene rings is 2. The Kier molecular flexibility index (Phi) is 6.69. The van der Waals surface area contributed by atoms with Crippen LogP contribution < -0.4 is 15.5 Å². The maximum absolute atomic E-state index is 13.4. The van der Waals surface area contributed by atoms with E-state index in [1.54, 1.807) is 19.9 Å². The summed E-state index contributed by atoms with van der Waals surface area (Å²) in [5.41, 5.74) is 4.30. The molecule has 2 N–H and O–H groups in total. The first kappa shape index (κ1) is 22.0. The van der Waals surface area contributed by atoms with Crippen molar-refractivity contribution in [2.75, 3.05) is 23.4 Å². The SMILES string of the molecule is CCOC(=O)CN1C(=O)[C@H](NC(=O)Nc2cccc(C)c2)N=C(C)c2cccc(C)c21. The summed E-state index contributed by atoms with van der Waals surface area (Å²) in [6.07, 6.45) is -1.19. The fourth-order valence-corrected chi connectivity index (χ4v) is 3.49. The predicted octanol–water partition coefficient (Wildman–Crippen LogP) is 3.17. The van der Waals surface area contributed by atoms with Crippen molar-refractivity contribution in [1.29, 1.82) is 0 Å². The molecule has 0 aromatic heterocycles. The van der Waals surface area contributed by atoms with Gasteiger partial charge in [-0.1, -0.05) is 30.3 Å². The monoisotopic (exact) mass is 422 g/mol. The number of anilines is 2. The first-order valence-electron chi connectivity index (χ1n) is 10.1. The Bertz CT molecular complexity index is 1050. The van der Waals surface area contributed by atoms with Gasteiger partial charge < -0.3 is 15.4 Å². The van der Waals surface area contributed by atoms with Crippen molar-refractivity contribution in [2.45, 2.75) is 33.9 Å². The summed E-state index contributed by atoms with van der Waals surface area (Å²) < 4.78 is 5.05. The highest BCUT2D eigenvalue weighted by molar-refractivity contribution is 6.14. The fourth-order valence-electron chi connectivity index (χ4n) is 3.49. The van der Waals surface area contributed by atoms with Crippen molar-refractivity contribution in [1.82, 2.24) is 5.32 Å². The van der Waals surface area contributed by atoms with Crippen LogP contribution in [0.15, 0.2) is 47.5 Å². The highest BCUT2D eigenvalue weighted by atomic mass is 16.5. The summed E-state index contributed by atoms with van der Waals surface area (Å²) in [6, 6.07) is 12.3. The Balaban J connectivity index is 1.90. The van der Waals surface area contributed by atoms with E-state index in [1.165, 1.54) is 4.90 Å². The second-order valence-electron chi connectivity index (χ2n) is 7.29. The molecular weight excluding hydrogens is 396 g/mol. The van der Waals surface area contributed by atoms with E-state index in [4.69, 9.17) is 4.74 Å². The van der Waals surface area contributed by atoms with Gasteiger partial charge in [-0.2, -0.15) is 0 Å². The third kappa shape index (κ3) is 5.09. The number of nitrogens with zero attached hydrogens (tertiary/aromatic N) is 2. The summed E-state index contributed by atoms with van der Waals surface area (Å²) in [6.45, 7) is 7.18. The van der Waals surface area contributed by atoms with Crippen LogP contribution in [0.5, 0.6) is 0 Å². The average molecular weight is 422 g/mol. The molecule has 31 heavy (non-hydrogen) atoms. The fraction of sp³-hybridized carbons (Fsp3) is 0.304. The van der Waals surface area contributed by atoms with Gasteiger partial charge in [-0.05, 0) is 51.0 Å². The van der Waals surface area contributed by atoms with Gasteiger partial charge in [0.1, 0.15) is 6.54 Å². The molecule has 0 saturated carbocycles. The molecule has 1 heterocycles. The van der Waals surface area contributed by atoms with Crippen molar-refractivity contribution in [3.05, 3.63) is 59.2 Å². The maximum Gasteiger partial charge on any atom is 0.326 e. The van der Waals surface area contributed by atoms with Gasteiger partial charge in [0.25, 0.3) is 5.91 Å². The van der Waals surface area contributed by atoms with Gasteiger partial charge in [0, 0.05) is 17.0 Å². The van der Waals surface area contributed by atoms with E-state index in [9.17, 15) is 14.4 Å². The lowest BCUT2D eigenvalue weighted by molar-refractivity contribution is -0.142. The molecule has 0 unspecified atom stereocenters. The van der Waals surface area contributed by atoms with Gasteiger partial charge in [-0.25, -0.2) is 4.79 Å². The number of urea groups is 1. The van der Waals surface area contributed by atoms with Crippen molar-refractivity contribution < 1.29 is 19.1 Å². The van der Waals surface area contributed by atoms with Gasteiger partial charge in [-0.3, -0.25) is 19.5 Å². The molecule has 1 aliphatic heterocycles. The van der Waals surface area contributed by atoms with Gasteiger partial charge in [-0.15, -0.1) is 0 Å². The van der Waals surface area contributed by atoms with Crippen LogP contribution in [-0.2, 0) is 14.3 Å². The van der Waals surface area contributed by atoms with Crippen LogP contribution >= 0.6 is 0 Å². The number of carbonyl (C=O) groups is 3. The van der Waals surface area contributed by atoms with Crippen LogP contribution in [0.4, 0.5) is 16.2 Å². The van der Waals surface area contributed by atoms with Crippen molar-refractivity contribution in [2.24, 2.45) is 4.99 Å². The summed E-state index contributed by atoms with van der Waals surface area (Å²) in [5.74, 6) is -1.05. The van der Waals surface area contributed by atoms with Crippen LogP contribution in [-0.4, -0.2) is 42.9 Å². The molecule has 2 aromatic carbocycles. The number of rotatable bonds is 5. The average Bonchev–Trinajstić information content (AvgIpc) is 2.79. The number of hydrogen-bond acceptors (Lipinski definition) is 5. The zero-order valence-corrected chi connectivity index (χ0v) is 18.1. The molecule has 8 nitrogen and oxygen atoms in total. The molecule has 8 heteroatoms. The number of nitrogens with one attached hydrogen (secondary N) is 2. The Hall–Kier alpha value is -3.68. The molecule has 3 amide bonds. The molecule has 0 radical (unpaired) electrons. The third-order valence-corrected chi connectivity index (χ3v) is 4.86. The van der Waals surface area contributed by atoms with E-state index in [1.807, 2.05) is 50.2 Å². The highest BCUT2D eigenvalue weighted by Crippen LogP contribution is 2.29. The zero-order chi connectivity index (χ0) is 22.5. The van der Waals surface area contributed by atoms with Crippen molar-refractivity contribution in [3.63, 3.8) is 0 Å². The van der Waals surface area contributed by atoms with E-state index < -0.39 is 24.1 Å². The summed E-state index contributed by atoms with van der Waals surface area (Å²) in [5, 5.41) is 5.33. The quantitative estimate of drug-likeness (QED) is 0.723. The first-order chi connectivity index (χ1) is 14.8. The van der Waals surface area contributed by atoms with E-state index in [2.05, 4.69) is 15.6 Å². The smallest absolute Gasteiger partial charge is 0.326 e.